The highest BCUT2D eigenvalue weighted by Crippen LogP contribution is 2.58. The van der Waals surface area contributed by atoms with Crippen LogP contribution in [0.15, 0.2) is 315 Å². The number of fused-ring (bicyclic) bond motifs is 25. The molecular weight excluding hydrogens is 1290 g/mol. The lowest BCUT2D eigenvalue weighted by molar-refractivity contribution is 0.486. The number of para-hydroxylation sites is 10. The molecule has 0 amide bonds. The SMILES string of the molecule is CC(C)(C)c1ccc2c(c1)-c1ccccc1Oc1ccccc1-c1cc(-n3c4ccccc4c4ccccc43)cc3c1N2c1cc(-n2c4ccccc4c4ccccc42)cc2c1B3c1cc(-n3c4ccccc4c4ccccc43)cc3c1N2c1ccc(C(C)(C)C)cc1-c1ccccc1Oc1ccccc1-3. The first-order valence-electron chi connectivity index (χ1n) is 37.0. The second-order valence-electron chi connectivity index (χ2n) is 31.1. The molecule has 8 heteroatoms. The van der Waals surface area contributed by atoms with Gasteiger partial charge in [-0.15, -0.1) is 0 Å². The predicted molar refractivity (Wildman–Crippen MR) is 443 cm³/mol. The fourth-order valence-electron chi connectivity index (χ4n) is 18.3. The molecule has 22 rings (SSSR count). The summed E-state index contributed by atoms with van der Waals surface area (Å²) in [6, 6.07) is 118. The highest BCUT2D eigenvalue weighted by molar-refractivity contribution is 7.00. The normalized spacial score (nSPS) is 13.3. The number of hydrogen-bond acceptors (Lipinski definition) is 4. The van der Waals surface area contributed by atoms with Gasteiger partial charge in [-0.1, -0.05) is 236 Å². The Kier molecular flexibility index (Phi) is 12.7. The molecule has 0 saturated heterocycles. The van der Waals surface area contributed by atoms with Crippen molar-refractivity contribution in [3.63, 3.8) is 0 Å². The van der Waals surface area contributed by atoms with Crippen molar-refractivity contribution in [1.29, 1.82) is 0 Å². The van der Waals surface area contributed by atoms with Gasteiger partial charge >= 0.3 is 0 Å². The Morgan fingerprint density at radius 3 is 0.830 bits per heavy atom. The van der Waals surface area contributed by atoms with Gasteiger partial charge < -0.3 is 33.0 Å². The van der Waals surface area contributed by atoms with E-state index in [1.165, 1.54) is 48.9 Å². The summed E-state index contributed by atoms with van der Waals surface area (Å²) in [7, 11) is 0. The standard InChI is InChI=1S/C98H70BN5O2/c1-97(2,3)59-47-49-86-74(51-59)70-33-13-23-43-90(70)105-92-45-25-15-35-72(92)76-53-61(100-80-37-17-7-27-64(80)65-28-8-18-38-81(65)100)55-78-95(76)103(86)88-57-63(102-84-41-21-11-31-68(84)69-32-12-22-42-85(69)102)58-89-94(88)99(78)79-56-62(101-82-39-19-9-29-66(82)67-30-10-20-40-83(67)101)54-77-73-36-16-26-46-93(73)106-91-44-24-14-34-71(91)75-52-60(98(4,5)6)48-50-87(75)104(89)96(77)79/h7-58H,1-6H3. The third kappa shape index (κ3) is 8.70. The van der Waals surface area contributed by atoms with E-state index < -0.39 is 6.71 Å². The van der Waals surface area contributed by atoms with Crippen molar-refractivity contribution < 1.29 is 9.47 Å². The summed E-state index contributed by atoms with van der Waals surface area (Å²) in [5.41, 5.74) is 29.9. The van der Waals surface area contributed by atoms with Crippen LogP contribution in [-0.2, 0) is 10.8 Å². The molecule has 0 fully saturated rings. The minimum Gasteiger partial charge on any atom is -0.456 e. The fourth-order valence-corrected chi connectivity index (χ4v) is 18.3. The highest BCUT2D eigenvalue weighted by atomic mass is 16.5. The quantitative estimate of drug-likeness (QED) is 0.165. The Balaban J connectivity index is 0.997. The van der Waals surface area contributed by atoms with Gasteiger partial charge in [-0.3, -0.25) is 0 Å². The van der Waals surface area contributed by atoms with Crippen molar-refractivity contribution in [2.24, 2.45) is 0 Å². The molecule has 502 valence electrons. The Labute approximate surface area is 615 Å². The van der Waals surface area contributed by atoms with Gasteiger partial charge in [-0.25, -0.2) is 0 Å². The molecule has 0 atom stereocenters. The maximum absolute atomic E-state index is 7.61. The van der Waals surface area contributed by atoms with Crippen molar-refractivity contribution in [2.75, 3.05) is 9.80 Å². The summed E-state index contributed by atoms with van der Waals surface area (Å²) in [5, 5.41) is 7.16. The van der Waals surface area contributed by atoms with Gasteiger partial charge in [-0.05, 0) is 160 Å². The second-order valence-corrected chi connectivity index (χ2v) is 31.1. The molecular formula is C98H70BN5O2. The molecule has 0 saturated carbocycles. The molecule has 0 bridgehead atoms. The fraction of sp³-hybridized carbons (Fsp3) is 0.0816. The van der Waals surface area contributed by atoms with E-state index in [9.17, 15) is 0 Å². The summed E-state index contributed by atoms with van der Waals surface area (Å²) in [5.74, 6) is 3.09. The highest BCUT2D eigenvalue weighted by Gasteiger charge is 2.48. The largest absolute Gasteiger partial charge is 0.456 e. The number of ether oxygens (including phenoxy) is 2. The van der Waals surface area contributed by atoms with Crippen LogP contribution in [0.25, 0.3) is 127 Å². The molecule has 4 aliphatic rings. The van der Waals surface area contributed by atoms with E-state index in [1.807, 2.05) is 0 Å². The third-order valence-electron chi connectivity index (χ3n) is 23.1. The lowest BCUT2D eigenvalue weighted by Crippen LogP contribution is -2.62. The van der Waals surface area contributed by atoms with E-state index in [0.29, 0.717) is 0 Å². The zero-order valence-corrected chi connectivity index (χ0v) is 59.7. The van der Waals surface area contributed by atoms with Crippen molar-refractivity contribution in [3.8, 4) is 84.6 Å². The molecule has 0 radical (unpaired) electrons. The van der Waals surface area contributed by atoms with E-state index in [0.717, 1.165) is 163 Å². The maximum Gasteiger partial charge on any atom is 0.252 e. The van der Waals surface area contributed by atoms with Crippen LogP contribution in [0, 0.1) is 0 Å². The molecule has 18 aromatic rings. The number of nitrogens with zero attached hydrogens (tertiary/aromatic N) is 5. The van der Waals surface area contributed by atoms with Gasteiger partial charge in [0.2, 0.25) is 0 Å². The summed E-state index contributed by atoms with van der Waals surface area (Å²) < 4.78 is 22.8. The molecule has 0 N–H and O–H groups in total. The van der Waals surface area contributed by atoms with Gasteiger partial charge in [-0.2, -0.15) is 0 Å². The first kappa shape index (κ1) is 60.5. The van der Waals surface area contributed by atoms with E-state index in [-0.39, 0.29) is 10.8 Å². The summed E-state index contributed by atoms with van der Waals surface area (Å²) >= 11 is 0. The minimum atomic E-state index is -0.450. The molecule has 15 aromatic carbocycles. The number of rotatable bonds is 3. The summed E-state index contributed by atoms with van der Waals surface area (Å²) in [6.07, 6.45) is 0. The molecule has 3 aromatic heterocycles. The smallest absolute Gasteiger partial charge is 0.252 e. The number of hydrogen-bond donors (Lipinski definition) is 0. The van der Waals surface area contributed by atoms with E-state index in [4.69, 9.17) is 9.47 Å². The van der Waals surface area contributed by atoms with Crippen molar-refractivity contribution in [2.45, 2.75) is 52.4 Å². The van der Waals surface area contributed by atoms with Crippen molar-refractivity contribution in [3.05, 3.63) is 327 Å². The van der Waals surface area contributed by atoms with Crippen LogP contribution < -0.4 is 35.7 Å². The Bertz CT molecular complexity index is 6340. The predicted octanol–water partition coefficient (Wildman–Crippen LogP) is 24.5. The van der Waals surface area contributed by atoms with Crippen molar-refractivity contribution in [1.82, 2.24) is 13.7 Å². The van der Waals surface area contributed by atoms with E-state index >= 15 is 0 Å². The lowest BCUT2D eigenvalue weighted by Gasteiger charge is -2.47. The number of aromatic nitrogens is 3. The van der Waals surface area contributed by atoms with Crippen LogP contribution >= 0.6 is 0 Å². The molecule has 7 heterocycles. The van der Waals surface area contributed by atoms with Crippen molar-refractivity contribution >= 4 is 123 Å². The molecule has 4 aliphatic heterocycles. The average Bonchev–Trinajstić information content (AvgIpc) is 0.742. The Hall–Kier alpha value is -13.0. The van der Waals surface area contributed by atoms with Crippen LogP contribution in [0.4, 0.5) is 34.1 Å². The van der Waals surface area contributed by atoms with E-state index in [1.54, 1.807) is 0 Å². The molecule has 7 nitrogen and oxygen atoms in total. The van der Waals surface area contributed by atoms with Crippen LogP contribution in [0.5, 0.6) is 23.0 Å². The average molecular weight is 1360 g/mol. The number of anilines is 6. The zero-order valence-electron chi connectivity index (χ0n) is 59.7. The lowest BCUT2D eigenvalue weighted by atomic mass is 9.33. The van der Waals surface area contributed by atoms with Gasteiger partial charge in [0, 0.05) is 111 Å². The molecule has 0 spiro atoms. The van der Waals surface area contributed by atoms with Crippen LogP contribution in [0.1, 0.15) is 52.7 Å². The summed E-state index contributed by atoms with van der Waals surface area (Å²) in [6.45, 7) is 13.5. The van der Waals surface area contributed by atoms with Gasteiger partial charge in [0.1, 0.15) is 23.0 Å². The van der Waals surface area contributed by atoms with Crippen LogP contribution in [0.3, 0.4) is 0 Å². The Morgan fingerprint density at radius 2 is 0.519 bits per heavy atom. The molecule has 106 heavy (non-hydrogen) atoms. The molecule has 0 aliphatic carbocycles. The van der Waals surface area contributed by atoms with E-state index in [2.05, 4.69) is 380 Å². The summed E-state index contributed by atoms with van der Waals surface area (Å²) in [4.78, 5) is 5.39. The monoisotopic (exact) mass is 1360 g/mol. The first-order valence-corrected chi connectivity index (χ1v) is 37.0. The Morgan fingerprint density at radius 1 is 0.245 bits per heavy atom. The minimum absolute atomic E-state index is 0.212. The first-order chi connectivity index (χ1) is 51.9. The second kappa shape index (κ2) is 22.2. The van der Waals surface area contributed by atoms with Crippen LogP contribution in [0.2, 0.25) is 0 Å². The molecule has 0 unspecified atom stereocenters. The number of benzene rings is 15. The van der Waals surface area contributed by atoms with Gasteiger partial charge in [0.25, 0.3) is 6.71 Å². The van der Waals surface area contributed by atoms with Gasteiger partial charge in [0.15, 0.2) is 0 Å². The topological polar surface area (TPSA) is 39.7 Å². The third-order valence-corrected chi connectivity index (χ3v) is 23.1. The maximum atomic E-state index is 7.61. The van der Waals surface area contributed by atoms with Crippen LogP contribution in [-0.4, -0.2) is 20.4 Å². The van der Waals surface area contributed by atoms with Gasteiger partial charge in [0.05, 0.1) is 50.2 Å². The zero-order chi connectivity index (χ0) is 70.6.